The molecule has 0 bridgehead atoms. The number of nitrogens with one attached hydrogen (secondary N) is 3. The van der Waals surface area contributed by atoms with E-state index in [4.69, 9.17) is 4.74 Å². The molecule has 0 heterocycles. The zero-order valence-corrected chi connectivity index (χ0v) is 16.7. The van der Waals surface area contributed by atoms with E-state index in [-0.39, 0.29) is 11.8 Å². The van der Waals surface area contributed by atoms with Crippen LogP contribution in [0.1, 0.15) is 34.6 Å². The molecule has 2 aromatic carbocycles. The Bertz CT molecular complexity index is 851. The highest BCUT2D eigenvalue weighted by Gasteiger charge is 2.12. The van der Waals surface area contributed by atoms with Crippen molar-refractivity contribution < 1.29 is 19.1 Å². The molecule has 0 unspecified atom stereocenters. The maximum absolute atomic E-state index is 12.1. The molecule has 8 heteroatoms. The van der Waals surface area contributed by atoms with Gasteiger partial charge in [0.05, 0.1) is 11.6 Å². The molecular formula is C19H20BrN3O4. The third kappa shape index (κ3) is 5.55. The lowest BCUT2D eigenvalue weighted by Crippen LogP contribution is -2.41. The van der Waals surface area contributed by atoms with Crippen molar-refractivity contribution in [3.63, 3.8) is 0 Å². The Morgan fingerprint density at radius 3 is 2.00 bits per heavy atom. The van der Waals surface area contributed by atoms with Gasteiger partial charge in [0.15, 0.2) is 0 Å². The normalized spacial score (nSPS) is 10.3. The predicted molar refractivity (Wildman–Crippen MR) is 106 cm³/mol. The van der Waals surface area contributed by atoms with Crippen LogP contribution in [0.25, 0.3) is 0 Å². The van der Waals surface area contributed by atoms with Crippen molar-refractivity contribution in [1.29, 1.82) is 0 Å². The van der Waals surface area contributed by atoms with E-state index in [2.05, 4.69) is 32.1 Å². The van der Waals surface area contributed by atoms with Gasteiger partial charge in [-0.25, -0.2) is 0 Å². The fourth-order valence-electron chi connectivity index (χ4n) is 2.06. The minimum absolute atomic E-state index is 0.106. The van der Waals surface area contributed by atoms with Gasteiger partial charge in [-0.05, 0) is 58.4 Å². The fourth-order valence-corrected chi connectivity index (χ4v) is 2.60. The first-order chi connectivity index (χ1) is 12.8. The van der Waals surface area contributed by atoms with Gasteiger partial charge in [0.2, 0.25) is 5.91 Å². The number of hydrogen-bond acceptors (Lipinski definition) is 4. The monoisotopic (exact) mass is 433 g/mol. The lowest BCUT2D eigenvalue weighted by Gasteiger charge is -2.10. The van der Waals surface area contributed by atoms with Crippen LogP contribution in [0, 0.1) is 5.92 Å². The lowest BCUT2D eigenvalue weighted by molar-refractivity contribution is -0.118. The summed E-state index contributed by atoms with van der Waals surface area (Å²) in [4.78, 5) is 35.9. The Kier molecular flexibility index (Phi) is 6.95. The van der Waals surface area contributed by atoms with E-state index in [1.165, 1.54) is 7.11 Å². The second kappa shape index (κ2) is 9.18. The van der Waals surface area contributed by atoms with Gasteiger partial charge >= 0.3 is 0 Å². The zero-order chi connectivity index (χ0) is 20.0. The van der Waals surface area contributed by atoms with Crippen LogP contribution in [0.15, 0.2) is 46.9 Å². The minimum atomic E-state index is -0.474. The van der Waals surface area contributed by atoms with Crippen molar-refractivity contribution >= 4 is 39.3 Å². The van der Waals surface area contributed by atoms with Gasteiger partial charge in [0, 0.05) is 22.7 Å². The van der Waals surface area contributed by atoms with Gasteiger partial charge in [0.1, 0.15) is 5.75 Å². The zero-order valence-electron chi connectivity index (χ0n) is 15.1. The van der Waals surface area contributed by atoms with Gasteiger partial charge in [-0.2, -0.15) is 0 Å². The molecule has 0 spiro atoms. The van der Waals surface area contributed by atoms with Crippen LogP contribution < -0.4 is 20.9 Å². The van der Waals surface area contributed by atoms with Gasteiger partial charge in [-0.1, -0.05) is 13.8 Å². The third-order valence-corrected chi connectivity index (χ3v) is 4.26. The van der Waals surface area contributed by atoms with Crippen LogP contribution in [-0.2, 0) is 4.79 Å². The molecule has 0 radical (unpaired) electrons. The summed E-state index contributed by atoms with van der Waals surface area (Å²) in [6, 6.07) is 11.2. The fraction of sp³-hybridized carbons (Fsp3) is 0.211. The molecule has 0 aromatic heterocycles. The number of rotatable bonds is 5. The second-order valence-electron chi connectivity index (χ2n) is 5.98. The van der Waals surface area contributed by atoms with Crippen molar-refractivity contribution in [1.82, 2.24) is 10.9 Å². The van der Waals surface area contributed by atoms with Crippen LogP contribution in [0.2, 0.25) is 0 Å². The van der Waals surface area contributed by atoms with E-state index in [9.17, 15) is 14.4 Å². The van der Waals surface area contributed by atoms with Gasteiger partial charge in [0.25, 0.3) is 11.8 Å². The summed E-state index contributed by atoms with van der Waals surface area (Å²) in [5.41, 5.74) is 6.00. The quantitative estimate of drug-likeness (QED) is 0.630. The number of amides is 3. The van der Waals surface area contributed by atoms with Crippen LogP contribution >= 0.6 is 15.9 Å². The topological polar surface area (TPSA) is 96.5 Å². The molecule has 0 aliphatic heterocycles. The van der Waals surface area contributed by atoms with E-state index in [0.29, 0.717) is 27.0 Å². The molecule has 2 rings (SSSR count). The standard InChI is InChI=1S/C19H20BrN3O4/c1-11(2)17(24)21-14-7-4-12(5-8-14)18(25)22-23-19(26)13-6-9-16(27-3)15(20)10-13/h4-11H,1-3H3,(H,21,24)(H,22,25)(H,23,26). The van der Waals surface area contributed by atoms with E-state index >= 15 is 0 Å². The van der Waals surface area contributed by atoms with Crippen molar-refractivity contribution in [2.75, 3.05) is 12.4 Å². The number of hydrogen-bond donors (Lipinski definition) is 3. The summed E-state index contributed by atoms with van der Waals surface area (Å²) in [6.45, 7) is 3.59. The summed E-state index contributed by atoms with van der Waals surface area (Å²) in [5, 5.41) is 2.74. The van der Waals surface area contributed by atoms with Crippen LogP contribution in [0.4, 0.5) is 5.69 Å². The van der Waals surface area contributed by atoms with E-state index < -0.39 is 11.8 Å². The molecular weight excluding hydrogens is 414 g/mol. The first-order valence-electron chi connectivity index (χ1n) is 8.17. The number of ether oxygens (including phenoxy) is 1. The highest BCUT2D eigenvalue weighted by atomic mass is 79.9. The largest absolute Gasteiger partial charge is 0.496 e. The number of hydrazine groups is 1. The summed E-state index contributed by atoms with van der Waals surface area (Å²) in [7, 11) is 1.53. The number of methoxy groups -OCH3 is 1. The Balaban J connectivity index is 1.94. The highest BCUT2D eigenvalue weighted by Crippen LogP contribution is 2.25. The molecule has 0 aliphatic carbocycles. The number of benzene rings is 2. The molecule has 27 heavy (non-hydrogen) atoms. The average molecular weight is 434 g/mol. The number of carbonyl (C=O) groups is 3. The lowest BCUT2D eigenvalue weighted by atomic mass is 10.1. The van der Waals surface area contributed by atoms with Crippen molar-refractivity contribution in [2.45, 2.75) is 13.8 Å². The Hall–Kier alpha value is -2.87. The van der Waals surface area contributed by atoms with E-state index in [0.717, 1.165) is 0 Å². The Morgan fingerprint density at radius 1 is 0.926 bits per heavy atom. The first kappa shape index (κ1) is 20.4. The molecule has 0 saturated heterocycles. The van der Waals surface area contributed by atoms with Crippen molar-refractivity contribution in [3.05, 3.63) is 58.1 Å². The molecule has 7 nitrogen and oxygen atoms in total. The smallest absolute Gasteiger partial charge is 0.269 e. The third-order valence-electron chi connectivity index (χ3n) is 3.64. The van der Waals surface area contributed by atoms with Crippen LogP contribution in [-0.4, -0.2) is 24.8 Å². The number of anilines is 1. The summed E-state index contributed by atoms with van der Waals surface area (Å²) in [6.07, 6.45) is 0. The average Bonchev–Trinajstić information content (AvgIpc) is 2.66. The molecule has 0 atom stereocenters. The number of halogens is 1. The summed E-state index contributed by atoms with van der Waals surface area (Å²) >= 11 is 3.30. The molecule has 0 saturated carbocycles. The second-order valence-corrected chi connectivity index (χ2v) is 6.83. The van der Waals surface area contributed by atoms with E-state index in [1.54, 1.807) is 56.3 Å². The van der Waals surface area contributed by atoms with Gasteiger partial charge in [-0.15, -0.1) is 0 Å². The van der Waals surface area contributed by atoms with Crippen molar-refractivity contribution in [2.24, 2.45) is 5.92 Å². The maximum Gasteiger partial charge on any atom is 0.269 e. The number of carbonyl (C=O) groups excluding carboxylic acids is 3. The maximum atomic E-state index is 12.1. The summed E-state index contributed by atoms with van der Waals surface area (Å²) < 4.78 is 5.74. The SMILES string of the molecule is COc1ccc(C(=O)NNC(=O)c2ccc(NC(=O)C(C)C)cc2)cc1Br. The highest BCUT2D eigenvalue weighted by molar-refractivity contribution is 9.10. The molecule has 3 N–H and O–H groups in total. The van der Waals surface area contributed by atoms with Gasteiger partial charge < -0.3 is 10.1 Å². The Morgan fingerprint density at radius 2 is 1.48 bits per heavy atom. The molecule has 0 fully saturated rings. The molecule has 142 valence electrons. The van der Waals surface area contributed by atoms with Crippen LogP contribution in [0.3, 0.4) is 0 Å². The van der Waals surface area contributed by atoms with Crippen LogP contribution in [0.5, 0.6) is 5.75 Å². The van der Waals surface area contributed by atoms with Crippen molar-refractivity contribution in [3.8, 4) is 5.75 Å². The molecule has 0 aliphatic rings. The molecule has 3 amide bonds. The van der Waals surface area contributed by atoms with Gasteiger partial charge in [-0.3, -0.25) is 25.2 Å². The predicted octanol–water partition coefficient (Wildman–Crippen LogP) is 3.13. The summed E-state index contributed by atoms with van der Waals surface area (Å²) in [5.74, 6) is -0.586. The molecule has 2 aromatic rings. The van der Waals surface area contributed by atoms with E-state index in [1.807, 2.05) is 0 Å². The first-order valence-corrected chi connectivity index (χ1v) is 8.96. The minimum Gasteiger partial charge on any atom is -0.496 e. The Labute approximate surface area is 165 Å².